The van der Waals surface area contributed by atoms with Crippen LogP contribution in [0.5, 0.6) is 11.5 Å². The molecule has 2 heterocycles. The molecule has 28 heavy (non-hydrogen) atoms. The van der Waals surface area contributed by atoms with Gasteiger partial charge < -0.3 is 14.7 Å². The van der Waals surface area contributed by atoms with E-state index in [0.29, 0.717) is 0 Å². The van der Waals surface area contributed by atoms with Gasteiger partial charge in [0.25, 0.3) is 0 Å². The van der Waals surface area contributed by atoms with Crippen LogP contribution in [0, 0.1) is 0 Å². The molecule has 5 rings (SSSR count). The quantitative estimate of drug-likeness (QED) is 0.441. The molecule has 0 aliphatic heterocycles. The lowest BCUT2D eigenvalue weighted by atomic mass is 10.1. The molecule has 0 amide bonds. The highest BCUT2D eigenvalue weighted by Gasteiger charge is 2.08. The van der Waals surface area contributed by atoms with Gasteiger partial charge >= 0.3 is 0 Å². The minimum atomic E-state index is 0.723. The predicted octanol–water partition coefficient (Wildman–Crippen LogP) is 5.34. The first-order chi connectivity index (χ1) is 13.8. The maximum Gasteiger partial charge on any atom is 0.161 e. The highest BCUT2D eigenvalue weighted by atomic mass is 16.5. The van der Waals surface area contributed by atoms with Crippen LogP contribution in [0.2, 0.25) is 0 Å². The van der Waals surface area contributed by atoms with Crippen molar-refractivity contribution >= 4 is 10.9 Å². The number of hydrogen-bond donors (Lipinski definition) is 2. The van der Waals surface area contributed by atoms with Gasteiger partial charge in [0.15, 0.2) is 5.82 Å². The lowest BCUT2D eigenvalue weighted by Gasteiger charge is -2.07. The fourth-order valence-corrected chi connectivity index (χ4v) is 3.23. The number of fused-ring (bicyclic) bond motifs is 1. The maximum absolute atomic E-state index is 6.04. The van der Waals surface area contributed by atoms with Crippen molar-refractivity contribution in [2.24, 2.45) is 0 Å². The number of rotatable bonds is 5. The van der Waals surface area contributed by atoms with Gasteiger partial charge in [-0.25, -0.2) is 0 Å². The summed E-state index contributed by atoms with van der Waals surface area (Å²) < 4.78 is 6.04. The molecule has 0 aliphatic carbocycles. The van der Waals surface area contributed by atoms with Crippen molar-refractivity contribution in [3.05, 3.63) is 96.4 Å². The molecule has 0 atom stereocenters. The smallest absolute Gasteiger partial charge is 0.161 e. The predicted molar refractivity (Wildman–Crippen MR) is 109 cm³/mol. The molecule has 0 radical (unpaired) electrons. The third kappa shape index (κ3) is 3.38. The average Bonchev–Trinajstić information content (AvgIpc) is 3.38. The van der Waals surface area contributed by atoms with E-state index in [2.05, 4.69) is 32.3 Å². The molecule has 0 fully saturated rings. The van der Waals surface area contributed by atoms with Gasteiger partial charge in [0, 0.05) is 29.1 Å². The van der Waals surface area contributed by atoms with E-state index in [-0.39, 0.29) is 0 Å². The Balaban J connectivity index is 1.36. The van der Waals surface area contributed by atoms with E-state index in [1.807, 2.05) is 72.9 Å². The summed E-state index contributed by atoms with van der Waals surface area (Å²) in [6.45, 7) is 0. The number of H-pyrrole nitrogens is 2. The van der Waals surface area contributed by atoms with E-state index in [4.69, 9.17) is 4.74 Å². The first kappa shape index (κ1) is 16.3. The molecule has 0 bridgehead atoms. The minimum absolute atomic E-state index is 0.723. The van der Waals surface area contributed by atoms with Gasteiger partial charge in [-0.05, 0) is 42.0 Å². The first-order valence-electron chi connectivity index (χ1n) is 9.14. The van der Waals surface area contributed by atoms with Gasteiger partial charge in [-0.3, -0.25) is 0 Å². The summed E-state index contributed by atoms with van der Waals surface area (Å²) in [5.74, 6) is 3.13. The van der Waals surface area contributed by atoms with E-state index in [0.717, 1.165) is 46.0 Å². The molecule has 0 saturated heterocycles. The summed E-state index contributed by atoms with van der Waals surface area (Å²) in [7, 11) is 0. The third-order valence-corrected chi connectivity index (χ3v) is 4.62. The Morgan fingerprint density at radius 3 is 2.61 bits per heavy atom. The Hall–Kier alpha value is -3.86. The molecule has 136 valence electrons. The fraction of sp³-hybridized carbons (Fsp3) is 0.0435. The molecule has 0 unspecified atom stereocenters. The van der Waals surface area contributed by atoms with E-state index in [1.54, 1.807) is 0 Å². The van der Waals surface area contributed by atoms with Gasteiger partial charge in [0.2, 0.25) is 0 Å². The van der Waals surface area contributed by atoms with Crippen LogP contribution in [0.3, 0.4) is 0 Å². The van der Waals surface area contributed by atoms with Gasteiger partial charge in [0.1, 0.15) is 17.3 Å². The molecule has 5 aromatic rings. The zero-order chi connectivity index (χ0) is 18.8. The summed E-state index contributed by atoms with van der Waals surface area (Å²) in [5.41, 5.74) is 3.23. The first-order valence-corrected chi connectivity index (χ1v) is 9.14. The lowest BCUT2D eigenvalue weighted by molar-refractivity contribution is 0.483. The van der Waals surface area contributed by atoms with E-state index in [9.17, 15) is 0 Å². The molecular weight excluding hydrogens is 348 g/mol. The van der Waals surface area contributed by atoms with Crippen LogP contribution < -0.4 is 4.74 Å². The van der Waals surface area contributed by atoms with E-state index < -0.39 is 0 Å². The zero-order valence-corrected chi connectivity index (χ0v) is 15.1. The molecular formula is C23H18N4O. The number of aromatic nitrogens is 4. The lowest BCUT2D eigenvalue weighted by Crippen LogP contribution is -1.90. The number of hydrogen-bond acceptors (Lipinski definition) is 3. The van der Waals surface area contributed by atoms with Crippen LogP contribution in [0.25, 0.3) is 22.3 Å². The van der Waals surface area contributed by atoms with Crippen LogP contribution in [-0.4, -0.2) is 20.2 Å². The second-order valence-corrected chi connectivity index (χ2v) is 6.64. The van der Waals surface area contributed by atoms with Crippen LogP contribution >= 0.6 is 0 Å². The normalized spacial score (nSPS) is 11.0. The SMILES string of the molecule is c1ccc(Cc2nnc(-c3cccc(Oc4ccc5[nH]ccc5c4)c3)[nH]2)cc1. The number of aromatic amines is 2. The van der Waals surface area contributed by atoms with Crippen LogP contribution in [0.15, 0.2) is 85.1 Å². The van der Waals surface area contributed by atoms with Crippen LogP contribution in [0.4, 0.5) is 0 Å². The van der Waals surface area contributed by atoms with Gasteiger partial charge in [-0.1, -0.05) is 42.5 Å². The molecule has 5 nitrogen and oxygen atoms in total. The largest absolute Gasteiger partial charge is 0.457 e. The minimum Gasteiger partial charge on any atom is -0.457 e. The van der Waals surface area contributed by atoms with E-state index in [1.165, 1.54) is 5.56 Å². The van der Waals surface area contributed by atoms with E-state index >= 15 is 0 Å². The number of nitrogens with zero attached hydrogens (tertiary/aromatic N) is 2. The second-order valence-electron chi connectivity index (χ2n) is 6.64. The molecule has 5 heteroatoms. The standard InChI is InChI=1S/C23H18N4O/c1-2-5-16(6-3-1)13-22-25-23(27-26-22)18-7-4-8-19(15-18)28-20-9-10-21-17(14-20)11-12-24-21/h1-12,14-15,24H,13H2,(H,25,26,27). The maximum atomic E-state index is 6.04. The number of benzene rings is 3. The second kappa shape index (κ2) is 7.04. The van der Waals surface area contributed by atoms with Crippen molar-refractivity contribution in [1.82, 2.24) is 20.2 Å². The molecule has 2 aromatic heterocycles. The molecule has 0 aliphatic rings. The number of ether oxygens (including phenoxy) is 1. The summed E-state index contributed by atoms with van der Waals surface area (Å²) >= 11 is 0. The van der Waals surface area contributed by atoms with Crippen molar-refractivity contribution < 1.29 is 4.74 Å². The third-order valence-electron chi connectivity index (χ3n) is 4.62. The molecule has 0 saturated carbocycles. The van der Waals surface area contributed by atoms with Crippen molar-refractivity contribution in [3.8, 4) is 22.9 Å². The molecule has 0 spiro atoms. The van der Waals surface area contributed by atoms with Gasteiger partial charge in [-0.2, -0.15) is 0 Å². The Labute approximate surface area is 162 Å². The zero-order valence-electron chi connectivity index (χ0n) is 15.1. The van der Waals surface area contributed by atoms with Crippen molar-refractivity contribution in [2.75, 3.05) is 0 Å². The molecule has 3 aromatic carbocycles. The molecule has 2 N–H and O–H groups in total. The summed E-state index contributed by atoms with van der Waals surface area (Å²) in [6.07, 6.45) is 2.65. The summed E-state index contributed by atoms with van der Waals surface area (Å²) in [4.78, 5) is 6.49. The van der Waals surface area contributed by atoms with Crippen LogP contribution in [-0.2, 0) is 6.42 Å². The Morgan fingerprint density at radius 2 is 1.68 bits per heavy atom. The van der Waals surface area contributed by atoms with Crippen molar-refractivity contribution in [3.63, 3.8) is 0 Å². The Kier molecular flexibility index (Phi) is 4.10. The summed E-state index contributed by atoms with van der Waals surface area (Å²) in [5, 5.41) is 9.70. The Morgan fingerprint density at radius 1 is 0.786 bits per heavy atom. The van der Waals surface area contributed by atoms with Gasteiger partial charge in [-0.15, -0.1) is 10.2 Å². The van der Waals surface area contributed by atoms with Crippen molar-refractivity contribution in [1.29, 1.82) is 0 Å². The summed E-state index contributed by atoms with van der Waals surface area (Å²) in [6, 6.07) is 26.1. The highest BCUT2D eigenvalue weighted by molar-refractivity contribution is 5.80. The fourth-order valence-electron chi connectivity index (χ4n) is 3.23. The topological polar surface area (TPSA) is 66.6 Å². The van der Waals surface area contributed by atoms with Gasteiger partial charge in [0.05, 0.1) is 0 Å². The average molecular weight is 366 g/mol. The van der Waals surface area contributed by atoms with Crippen LogP contribution in [0.1, 0.15) is 11.4 Å². The Bertz CT molecular complexity index is 1220. The highest BCUT2D eigenvalue weighted by Crippen LogP contribution is 2.28. The monoisotopic (exact) mass is 366 g/mol. The van der Waals surface area contributed by atoms with Crippen molar-refractivity contribution in [2.45, 2.75) is 6.42 Å². The number of nitrogens with one attached hydrogen (secondary N) is 2.